The van der Waals surface area contributed by atoms with Gasteiger partial charge in [-0.05, 0) is 49.2 Å². The summed E-state index contributed by atoms with van der Waals surface area (Å²) < 4.78 is 13.2. The number of rotatable bonds is 6. The molecule has 1 saturated carbocycles. The van der Waals surface area contributed by atoms with Gasteiger partial charge >= 0.3 is 0 Å². The SMILES string of the molecule is O=C(CNc1ccc(F)c(Cl)c1)Nc1ccc(Cl)c(C(=O)NC2CCCCC2)c1. The molecule has 2 aromatic rings. The van der Waals surface area contributed by atoms with Crippen molar-refractivity contribution in [3.05, 3.63) is 57.8 Å². The molecule has 2 amide bonds. The van der Waals surface area contributed by atoms with Crippen LogP contribution in [0.2, 0.25) is 10.0 Å². The van der Waals surface area contributed by atoms with Crippen molar-refractivity contribution in [2.75, 3.05) is 17.2 Å². The fraction of sp³-hybridized carbons (Fsp3) is 0.333. The molecule has 1 aliphatic carbocycles. The molecule has 0 atom stereocenters. The van der Waals surface area contributed by atoms with Crippen LogP contribution < -0.4 is 16.0 Å². The Labute approximate surface area is 179 Å². The van der Waals surface area contributed by atoms with Crippen LogP contribution in [0.25, 0.3) is 0 Å². The number of halogens is 3. The fourth-order valence-corrected chi connectivity index (χ4v) is 3.66. The molecule has 0 spiro atoms. The van der Waals surface area contributed by atoms with E-state index in [2.05, 4.69) is 16.0 Å². The predicted molar refractivity (Wildman–Crippen MR) is 114 cm³/mol. The molecule has 0 radical (unpaired) electrons. The second kappa shape index (κ2) is 9.94. The van der Waals surface area contributed by atoms with Crippen LogP contribution >= 0.6 is 23.2 Å². The number of amides is 2. The summed E-state index contributed by atoms with van der Waals surface area (Å²) in [5.41, 5.74) is 1.32. The van der Waals surface area contributed by atoms with Crippen LogP contribution in [0.5, 0.6) is 0 Å². The lowest BCUT2D eigenvalue weighted by molar-refractivity contribution is -0.114. The van der Waals surface area contributed by atoms with Crippen LogP contribution in [0.1, 0.15) is 42.5 Å². The first kappa shape index (κ1) is 21.4. The summed E-state index contributed by atoms with van der Waals surface area (Å²) in [5, 5.41) is 8.91. The Morgan fingerprint density at radius 3 is 2.41 bits per heavy atom. The summed E-state index contributed by atoms with van der Waals surface area (Å²) in [5.74, 6) is -1.09. The van der Waals surface area contributed by atoms with Gasteiger partial charge in [0, 0.05) is 17.4 Å². The number of hydrogen-bond donors (Lipinski definition) is 3. The van der Waals surface area contributed by atoms with Crippen LogP contribution in [0, 0.1) is 5.82 Å². The first-order valence-corrected chi connectivity index (χ1v) is 10.3. The minimum Gasteiger partial charge on any atom is -0.376 e. The molecule has 0 aliphatic heterocycles. The quantitative estimate of drug-likeness (QED) is 0.577. The summed E-state index contributed by atoms with van der Waals surface area (Å²) >= 11 is 11.9. The summed E-state index contributed by atoms with van der Waals surface area (Å²) in [6, 6.07) is 9.06. The van der Waals surface area contributed by atoms with E-state index in [-0.39, 0.29) is 29.4 Å². The molecule has 5 nitrogen and oxygen atoms in total. The van der Waals surface area contributed by atoms with Crippen molar-refractivity contribution >= 4 is 46.4 Å². The van der Waals surface area contributed by atoms with Gasteiger partial charge in [-0.2, -0.15) is 0 Å². The third-order valence-electron chi connectivity index (χ3n) is 4.81. The van der Waals surface area contributed by atoms with E-state index in [1.807, 2.05) is 0 Å². The van der Waals surface area contributed by atoms with Gasteiger partial charge in [0.2, 0.25) is 5.91 Å². The van der Waals surface area contributed by atoms with Crippen molar-refractivity contribution < 1.29 is 14.0 Å². The molecule has 0 unspecified atom stereocenters. The van der Waals surface area contributed by atoms with Crippen molar-refractivity contribution in [1.29, 1.82) is 0 Å². The van der Waals surface area contributed by atoms with Crippen molar-refractivity contribution in [2.24, 2.45) is 0 Å². The van der Waals surface area contributed by atoms with Gasteiger partial charge in [0.05, 0.1) is 22.2 Å². The van der Waals surface area contributed by atoms with Crippen molar-refractivity contribution in [3.8, 4) is 0 Å². The van der Waals surface area contributed by atoms with E-state index in [9.17, 15) is 14.0 Å². The summed E-state index contributed by atoms with van der Waals surface area (Å²) in [6.45, 7) is -0.0474. The Morgan fingerprint density at radius 2 is 1.69 bits per heavy atom. The predicted octanol–water partition coefficient (Wildman–Crippen LogP) is 5.25. The van der Waals surface area contributed by atoms with Crippen molar-refractivity contribution in [3.63, 3.8) is 0 Å². The topological polar surface area (TPSA) is 70.2 Å². The van der Waals surface area contributed by atoms with Gasteiger partial charge in [-0.3, -0.25) is 9.59 Å². The molecular formula is C21H22Cl2FN3O2. The summed E-state index contributed by atoms with van der Waals surface area (Å²) in [7, 11) is 0. The third-order valence-corrected chi connectivity index (χ3v) is 5.43. The Bertz CT molecular complexity index is 901. The van der Waals surface area contributed by atoms with Gasteiger partial charge < -0.3 is 16.0 Å². The standard InChI is InChI=1S/C21H22Cl2FN3O2/c22-17-8-6-15(10-16(17)21(29)27-13-4-2-1-3-5-13)26-20(28)12-25-14-7-9-19(24)18(23)11-14/h6-11,13,25H,1-5,12H2,(H,26,28)(H,27,29). The van der Waals surface area contributed by atoms with Crippen LogP contribution in [0.4, 0.5) is 15.8 Å². The van der Waals surface area contributed by atoms with Gasteiger partial charge in [-0.15, -0.1) is 0 Å². The highest BCUT2D eigenvalue weighted by Gasteiger charge is 2.19. The maximum absolute atomic E-state index is 13.2. The monoisotopic (exact) mass is 437 g/mol. The largest absolute Gasteiger partial charge is 0.376 e. The highest BCUT2D eigenvalue weighted by Crippen LogP contribution is 2.23. The lowest BCUT2D eigenvalue weighted by atomic mass is 9.95. The molecule has 3 N–H and O–H groups in total. The Balaban J connectivity index is 1.58. The van der Waals surface area contributed by atoms with Gasteiger partial charge in [0.1, 0.15) is 5.82 Å². The minimum atomic E-state index is -0.526. The van der Waals surface area contributed by atoms with E-state index < -0.39 is 5.82 Å². The second-order valence-corrected chi connectivity index (χ2v) is 7.85. The van der Waals surface area contributed by atoms with E-state index in [4.69, 9.17) is 23.2 Å². The molecule has 3 rings (SSSR count). The van der Waals surface area contributed by atoms with E-state index in [1.165, 1.54) is 24.6 Å². The summed E-state index contributed by atoms with van der Waals surface area (Å²) in [6.07, 6.45) is 5.37. The molecule has 0 saturated heterocycles. The zero-order valence-electron chi connectivity index (χ0n) is 15.7. The van der Waals surface area contributed by atoms with Crippen LogP contribution in [-0.2, 0) is 4.79 Å². The lowest BCUT2D eigenvalue weighted by Crippen LogP contribution is -2.36. The Kier molecular flexibility index (Phi) is 7.34. The molecule has 0 bridgehead atoms. The van der Waals surface area contributed by atoms with Crippen LogP contribution in [0.15, 0.2) is 36.4 Å². The molecule has 1 fully saturated rings. The van der Waals surface area contributed by atoms with Crippen molar-refractivity contribution in [2.45, 2.75) is 38.1 Å². The van der Waals surface area contributed by atoms with E-state index >= 15 is 0 Å². The molecular weight excluding hydrogens is 416 g/mol. The van der Waals surface area contributed by atoms with E-state index in [0.29, 0.717) is 22.0 Å². The van der Waals surface area contributed by atoms with Gasteiger partial charge in [0.15, 0.2) is 0 Å². The second-order valence-electron chi connectivity index (χ2n) is 7.03. The maximum Gasteiger partial charge on any atom is 0.253 e. The maximum atomic E-state index is 13.2. The van der Waals surface area contributed by atoms with Gasteiger partial charge in [0.25, 0.3) is 5.91 Å². The molecule has 1 aliphatic rings. The molecule has 8 heteroatoms. The average molecular weight is 438 g/mol. The number of hydrogen-bond acceptors (Lipinski definition) is 3. The number of carbonyl (C=O) groups is 2. The zero-order chi connectivity index (χ0) is 20.8. The zero-order valence-corrected chi connectivity index (χ0v) is 17.2. The van der Waals surface area contributed by atoms with Crippen molar-refractivity contribution in [1.82, 2.24) is 5.32 Å². The third kappa shape index (κ3) is 6.08. The molecule has 29 heavy (non-hydrogen) atoms. The molecule has 0 aromatic heterocycles. The molecule has 0 heterocycles. The van der Waals surface area contributed by atoms with E-state index in [1.54, 1.807) is 18.2 Å². The van der Waals surface area contributed by atoms with Crippen LogP contribution in [0.3, 0.4) is 0 Å². The first-order chi connectivity index (χ1) is 13.9. The van der Waals surface area contributed by atoms with Gasteiger partial charge in [-0.1, -0.05) is 42.5 Å². The smallest absolute Gasteiger partial charge is 0.253 e. The van der Waals surface area contributed by atoms with E-state index in [0.717, 1.165) is 25.7 Å². The normalized spacial score (nSPS) is 14.3. The first-order valence-electron chi connectivity index (χ1n) is 9.51. The lowest BCUT2D eigenvalue weighted by Gasteiger charge is -2.23. The minimum absolute atomic E-state index is 0.0262. The van der Waals surface area contributed by atoms with Crippen LogP contribution in [-0.4, -0.2) is 24.4 Å². The highest BCUT2D eigenvalue weighted by atomic mass is 35.5. The number of nitrogens with one attached hydrogen (secondary N) is 3. The Hall–Kier alpha value is -2.31. The number of benzene rings is 2. The fourth-order valence-electron chi connectivity index (χ4n) is 3.28. The van der Waals surface area contributed by atoms with Gasteiger partial charge in [-0.25, -0.2) is 4.39 Å². The number of anilines is 2. The Morgan fingerprint density at radius 1 is 0.966 bits per heavy atom. The molecule has 154 valence electrons. The molecule has 2 aromatic carbocycles. The average Bonchev–Trinajstić information content (AvgIpc) is 2.71. The highest BCUT2D eigenvalue weighted by molar-refractivity contribution is 6.34. The number of carbonyl (C=O) groups excluding carboxylic acids is 2. The summed E-state index contributed by atoms with van der Waals surface area (Å²) in [4.78, 5) is 24.8.